The maximum absolute atomic E-state index is 12.4. The van der Waals surface area contributed by atoms with Crippen LogP contribution in [-0.4, -0.2) is 29.6 Å². The molecule has 1 heterocycles. The predicted molar refractivity (Wildman–Crippen MR) is 67.0 cm³/mol. The van der Waals surface area contributed by atoms with E-state index in [0.717, 1.165) is 19.3 Å². The number of esters is 1. The second-order valence-corrected chi connectivity index (χ2v) is 7.81. The van der Waals surface area contributed by atoms with Crippen molar-refractivity contribution in [2.75, 3.05) is 0 Å². The Bertz CT molecular complexity index is 445. The van der Waals surface area contributed by atoms with Crippen LogP contribution in [0, 0.1) is 28.6 Å². The molecule has 0 aromatic carbocycles. The lowest BCUT2D eigenvalue weighted by molar-refractivity contribution is -0.171. The number of hydrogen-bond donors (Lipinski definition) is 1. The van der Waals surface area contributed by atoms with Gasteiger partial charge in [0.05, 0.1) is 5.41 Å². The molecule has 0 amide bonds. The van der Waals surface area contributed by atoms with Crippen molar-refractivity contribution in [1.29, 1.82) is 0 Å². The Morgan fingerprint density at radius 3 is 2.53 bits per heavy atom. The highest BCUT2D eigenvalue weighted by molar-refractivity contribution is 5.81. The number of aliphatic hydroxyl groups excluding tert-OH is 1. The fourth-order valence-electron chi connectivity index (χ4n) is 4.68. The topological polar surface area (TPSA) is 55.8 Å². The Kier molecular flexibility index (Phi) is 2.14. The van der Waals surface area contributed by atoms with Crippen LogP contribution in [0.5, 0.6) is 0 Å². The maximum Gasteiger partial charge on any atom is 0.312 e. The van der Waals surface area contributed by atoms with Crippen LogP contribution in [0.4, 0.5) is 0 Å². The van der Waals surface area contributed by atoms with Gasteiger partial charge in [0.25, 0.3) is 0 Å². The monoisotopic (exact) mass is 266 g/mol. The van der Waals surface area contributed by atoms with Gasteiger partial charge >= 0.3 is 5.97 Å². The number of rotatable bonds is 2. The molecule has 4 fully saturated rings. The van der Waals surface area contributed by atoms with Gasteiger partial charge in [-0.1, -0.05) is 13.8 Å². The molecule has 106 valence electrons. The molecule has 4 aliphatic rings. The van der Waals surface area contributed by atoms with Crippen LogP contribution in [-0.2, 0) is 14.3 Å². The van der Waals surface area contributed by atoms with Gasteiger partial charge in [-0.15, -0.1) is 0 Å². The molecule has 0 radical (unpaired) electrons. The van der Waals surface area contributed by atoms with Gasteiger partial charge in [0, 0.05) is 5.92 Å². The Morgan fingerprint density at radius 1 is 1.26 bits per heavy atom. The smallest absolute Gasteiger partial charge is 0.312 e. The molecule has 19 heavy (non-hydrogen) atoms. The summed E-state index contributed by atoms with van der Waals surface area (Å²) in [5, 5.41) is 9.84. The third-order valence-corrected chi connectivity index (χ3v) is 6.43. The van der Waals surface area contributed by atoms with Crippen LogP contribution in [0.2, 0.25) is 0 Å². The van der Waals surface area contributed by atoms with Crippen LogP contribution < -0.4 is 0 Å². The molecule has 7 unspecified atom stereocenters. The van der Waals surface area contributed by atoms with Crippen molar-refractivity contribution in [3.05, 3.63) is 0 Å². The fourth-order valence-corrected chi connectivity index (χ4v) is 4.68. The average molecular weight is 266 g/mol. The van der Waals surface area contributed by atoms with Crippen LogP contribution in [0.25, 0.3) is 0 Å². The molecule has 3 aliphatic carbocycles. The summed E-state index contributed by atoms with van der Waals surface area (Å²) in [6.45, 7) is 6.22. The van der Waals surface area contributed by atoms with Gasteiger partial charge in [-0.3, -0.25) is 4.79 Å². The summed E-state index contributed by atoms with van der Waals surface area (Å²) in [4.78, 5) is 12.4. The van der Waals surface area contributed by atoms with Crippen LogP contribution in [0.1, 0.15) is 40.0 Å². The second-order valence-electron chi connectivity index (χ2n) is 7.81. The molecule has 4 rings (SSSR count). The van der Waals surface area contributed by atoms with Gasteiger partial charge in [-0.25, -0.2) is 0 Å². The van der Waals surface area contributed by atoms with Crippen LogP contribution in [0.3, 0.4) is 0 Å². The first-order valence-electron chi connectivity index (χ1n) is 7.38. The van der Waals surface area contributed by atoms with Crippen molar-refractivity contribution in [2.45, 2.75) is 58.5 Å². The summed E-state index contributed by atoms with van der Waals surface area (Å²) in [5.74, 6) is 0.999. The van der Waals surface area contributed by atoms with Gasteiger partial charge in [0.15, 0.2) is 6.29 Å². The molecule has 1 aliphatic heterocycles. The van der Waals surface area contributed by atoms with Gasteiger partial charge in [0.1, 0.15) is 12.2 Å². The third-order valence-electron chi connectivity index (χ3n) is 6.43. The summed E-state index contributed by atoms with van der Waals surface area (Å²) in [5.41, 5.74) is -0.272. The number of ether oxygens (including phenoxy) is 2. The highest BCUT2D eigenvalue weighted by Crippen LogP contribution is 2.64. The minimum atomic E-state index is -0.642. The van der Waals surface area contributed by atoms with E-state index in [1.54, 1.807) is 0 Å². The van der Waals surface area contributed by atoms with Crippen molar-refractivity contribution in [2.24, 2.45) is 28.6 Å². The molecule has 2 bridgehead atoms. The lowest BCUT2D eigenvalue weighted by Crippen LogP contribution is -2.38. The molecule has 1 saturated heterocycles. The fraction of sp³-hybridized carbons (Fsp3) is 0.933. The summed E-state index contributed by atoms with van der Waals surface area (Å²) in [7, 11) is 0. The lowest BCUT2D eigenvalue weighted by atomic mass is 9.87. The molecule has 0 spiro atoms. The zero-order valence-electron chi connectivity index (χ0n) is 11.8. The standard InChI is InChI=1S/C15H22O4/c1-14(2)6-15(14,3)13(17)19-10-7-4-8-9(5-7)12(16)18-11(8)10/h7-12,16H,4-6H2,1-3H3. The van der Waals surface area contributed by atoms with E-state index in [1.165, 1.54) is 0 Å². The van der Waals surface area contributed by atoms with E-state index in [2.05, 4.69) is 13.8 Å². The van der Waals surface area contributed by atoms with E-state index in [1.807, 2.05) is 6.92 Å². The zero-order chi connectivity index (χ0) is 13.6. The van der Waals surface area contributed by atoms with E-state index in [0.29, 0.717) is 11.8 Å². The highest BCUT2D eigenvalue weighted by Gasteiger charge is 2.67. The number of aliphatic hydroxyl groups is 1. The van der Waals surface area contributed by atoms with Gasteiger partial charge < -0.3 is 14.6 Å². The predicted octanol–water partition coefficient (Wildman–Crippen LogP) is 1.71. The van der Waals surface area contributed by atoms with Gasteiger partial charge in [-0.2, -0.15) is 0 Å². The highest BCUT2D eigenvalue weighted by atomic mass is 16.6. The van der Waals surface area contributed by atoms with Crippen molar-refractivity contribution >= 4 is 5.97 Å². The summed E-state index contributed by atoms with van der Waals surface area (Å²) < 4.78 is 11.4. The first kappa shape index (κ1) is 12.2. The average Bonchev–Trinajstić information content (AvgIpc) is 2.72. The normalized spacial score (nSPS) is 56.4. The first-order chi connectivity index (χ1) is 8.83. The maximum atomic E-state index is 12.4. The van der Waals surface area contributed by atoms with Crippen molar-refractivity contribution in [1.82, 2.24) is 0 Å². The quantitative estimate of drug-likeness (QED) is 0.773. The van der Waals surface area contributed by atoms with E-state index in [-0.39, 0.29) is 34.9 Å². The van der Waals surface area contributed by atoms with E-state index < -0.39 is 6.29 Å². The summed E-state index contributed by atoms with van der Waals surface area (Å²) in [6.07, 6.45) is 2.06. The minimum Gasteiger partial charge on any atom is -0.459 e. The largest absolute Gasteiger partial charge is 0.459 e. The molecule has 7 atom stereocenters. The molecule has 0 aromatic rings. The molecule has 4 nitrogen and oxygen atoms in total. The van der Waals surface area contributed by atoms with Crippen molar-refractivity contribution in [3.8, 4) is 0 Å². The summed E-state index contributed by atoms with van der Waals surface area (Å²) >= 11 is 0. The SMILES string of the molecule is CC1(C)CC1(C)C(=O)OC1C2CC3C(O)OC1C3C2. The van der Waals surface area contributed by atoms with Gasteiger partial charge in [0.2, 0.25) is 0 Å². The molecular weight excluding hydrogens is 244 g/mol. The van der Waals surface area contributed by atoms with E-state index >= 15 is 0 Å². The number of carbonyl (C=O) groups is 1. The van der Waals surface area contributed by atoms with Crippen LogP contribution in [0.15, 0.2) is 0 Å². The van der Waals surface area contributed by atoms with Crippen molar-refractivity contribution < 1.29 is 19.4 Å². The molecule has 4 heteroatoms. The van der Waals surface area contributed by atoms with Crippen molar-refractivity contribution in [3.63, 3.8) is 0 Å². The Labute approximate surface area is 113 Å². The summed E-state index contributed by atoms with van der Waals surface area (Å²) in [6, 6.07) is 0. The molecule has 3 saturated carbocycles. The third kappa shape index (κ3) is 1.39. The molecule has 1 N–H and O–H groups in total. The Morgan fingerprint density at radius 2 is 1.89 bits per heavy atom. The zero-order valence-corrected chi connectivity index (χ0v) is 11.8. The van der Waals surface area contributed by atoms with Crippen LogP contribution >= 0.6 is 0 Å². The lowest BCUT2D eigenvalue weighted by Gasteiger charge is -2.28. The minimum absolute atomic E-state index is 0.0558. The Balaban J connectivity index is 1.49. The van der Waals surface area contributed by atoms with E-state index in [9.17, 15) is 9.90 Å². The number of hydrogen-bond acceptors (Lipinski definition) is 4. The Hall–Kier alpha value is -0.610. The number of fused-ring (bicyclic) bond motifs is 1. The molecular formula is C15H22O4. The molecule has 0 aromatic heterocycles. The van der Waals surface area contributed by atoms with Gasteiger partial charge in [-0.05, 0) is 43.4 Å². The second kappa shape index (κ2) is 3.34. The first-order valence-corrected chi connectivity index (χ1v) is 7.38. The number of carbonyl (C=O) groups excluding carboxylic acids is 1. The van der Waals surface area contributed by atoms with E-state index in [4.69, 9.17) is 9.47 Å².